The Kier molecular flexibility index (Phi) is 1.00. The monoisotopic (exact) mass is 132 g/mol. The van der Waals surface area contributed by atoms with Crippen LogP contribution in [-0.2, 0) is 0 Å². The SMILES string of the molecule is Bc1ccc2nonc2c1. The van der Waals surface area contributed by atoms with Gasteiger partial charge in [-0.1, -0.05) is 11.5 Å². The van der Waals surface area contributed by atoms with Gasteiger partial charge in [-0.25, -0.2) is 4.63 Å². The Morgan fingerprint density at radius 3 is 2.90 bits per heavy atom. The van der Waals surface area contributed by atoms with E-state index in [1.54, 1.807) is 0 Å². The highest BCUT2D eigenvalue weighted by Crippen LogP contribution is 2.03. The molecule has 1 aromatic heterocycles. The van der Waals surface area contributed by atoms with Gasteiger partial charge in [0.05, 0.1) is 0 Å². The lowest BCUT2D eigenvalue weighted by Crippen LogP contribution is -1.99. The Bertz CT molecular complexity index is 357. The van der Waals surface area contributed by atoms with Gasteiger partial charge in [-0.05, 0) is 22.4 Å². The van der Waals surface area contributed by atoms with E-state index in [9.17, 15) is 0 Å². The van der Waals surface area contributed by atoms with Crippen LogP contribution >= 0.6 is 0 Å². The number of fused-ring (bicyclic) bond motifs is 1. The van der Waals surface area contributed by atoms with Gasteiger partial charge in [0.1, 0.15) is 18.9 Å². The van der Waals surface area contributed by atoms with Gasteiger partial charge in [0.25, 0.3) is 0 Å². The summed E-state index contributed by atoms with van der Waals surface area (Å²) in [6, 6.07) is 5.81. The predicted molar refractivity (Wildman–Crippen MR) is 40.0 cm³/mol. The van der Waals surface area contributed by atoms with E-state index in [1.165, 1.54) is 5.46 Å². The van der Waals surface area contributed by atoms with Gasteiger partial charge in [0.2, 0.25) is 0 Å². The maximum Gasteiger partial charge on any atom is 0.139 e. The molecule has 0 saturated carbocycles. The van der Waals surface area contributed by atoms with Crippen LogP contribution in [0.5, 0.6) is 0 Å². The molecule has 0 atom stereocenters. The molecule has 0 aliphatic carbocycles. The summed E-state index contributed by atoms with van der Waals surface area (Å²) in [6.45, 7) is 0. The Labute approximate surface area is 58.4 Å². The third-order valence-electron chi connectivity index (χ3n) is 1.41. The molecular weight excluding hydrogens is 127 g/mol. The lowest BCUT2D eigenvalue weighted by atomic mass is 9.96. The van der Waals surface area contributed by atoms with E-state index >= 15 is 0 Å². The molecule has 2 rings (SSSR count). The van der Waals surface area contributed by atoms with Crippen molar-refractivity contribution in [3.05, 3.63) is 18.2 Å². The van der Waals surface area contributed by atoms with E-state index in [0.717, 1.165) is 11.0 Å². The first-order valence-corrected chi connectivity index (χ1v) is 3.05. The molecule has 0 N–H and O–H groups in total. The molecule has 48 valence electrons. The smallest absolute Gasteiger partial charge is 0.139 e. The van der Waals surface area contributed by atoms with Gasteiger partial charge in [0.15, 0.2) is 0 Å². The van der Waals surface area contributed by atoms with Crippen molar-refractivity contribution in [1.29, 1.82) is 0 Å². The first-order valence-electron chi connectivity index (χ1n) is 3.05. The summed E-state index contributed by atoms with van der Waals surface area (Å²) >= 11 is 0. The number of aromatic nitrogens is 2. The van der Waals surface area contributed by atoms with Crippen LogP contribution in [0, 0.1) is 0 Å². The highest BCUT2D eigenvalue weighted by Gasteiger charge is 1.96. The van der Waals surface area contributed by atoms with Crippen LogP contribution in [0.1, 0.15) is 0 Å². The van der Waals surface area contributed by atoms with Crippen LogP contribution in [0.15, 0.2) is 22.8 Å². The Morgan fingerprint density at radius 2 is 2.00 bits per heavy atom. The maximum atomic E-state index is 4.52. The van der Waals surface area contributed by atoms with E-state index in [4.69, 9.17) is 0 Å². The van der Waals surface area contributed by atoms with E-state index in [2.05, 4.69) is 14.9 Å². The number of benzene rings is 1. The average Bonchev–Trinajstić information content (AvgIpc) is 2.33. The highest BCUT2D eigenvalue weighted by atomic mass is 16.6. The van der Waals surface area contributed by atoms with Crippen molar-refractivity contribution in [2.75, 3.05) is 0 Å². The quantitative estimate of drug-likeness (QED) is 0.452. The van der Waals surface area contributed by atoms with Crippen LogP contribution in [0.4, 0.5) is 0 Å². The van der Waals surface area contributed by atoms with E-state index in [1.807, 2.05) is 26.0 Å². The fourth-order valence-corrected chi connectivity index (χ4v) is 0.892. The van der Waals surface area contributed by atoms with Gasteiger partial charge in [-0.15, -0.1) is 0 Å². The summed E-state index contributed by atoms with van der Waals surface area (Å²) in [5.41, 5.74) is 2.80. The minimum absolute atomic E-state index is 0.811. The van der Waals surface area contributed by atoms with Crippen molar-refractivity contribution in [1.82, 2.24) is 10.3 Å². The molecule has 0 amide bonds. The zero-order valence-electron chi connectivity index (χ0n) is 5.53. The molecule has 0 aliphatic heterocycles. The molecule has 0 spiro atoms. The fourth-order valence-electron chi connectivity index (χ4n) is 0.892. The lowest BCUT2D eigenvalue weighted by Gasteiger charge is -1.85. The molecule has 0 unspecified atom stereocenters. The van der Waals surface area contributed by atoms with Crippen LogP contribution in [0.2, 0.25) is 0 Å². The molecule has 0 fully saturated rings. The number of nitrogens with zero attached hydrogens (tertiary/aromatic N) is 2. The second-order valence-corrected chi connectivity index (χ2v) is 2.26. The molecular formula is C6H5BN2O. The van der Waals surface area contributed by atoms with Crippen LogP contribution in [0.25, 0.3) is 11.0 Å². The fraction of sp³-hybridized carbons (Fsp3) is 0. The van der Waals surface area contributed by atoms with Gasteiger partial charge in [0, 0.05) is 0 Å². The first kappa shape index (κ1) is 5.47. The molecule has 2 aromatic rings. The van der Waals surface area contributed by atoms with E-state index in [0.29, 0.717) is 0 Å². The van der Waals surface area contributed by atoms with Gasteiger partial charge in [-0.3, -0.25) is 0 Å². The first-order chi connectivity index (χ1) is 4.86. The zero-order chi connectivity index (χ0) is 6.97. The Morgan fingerprint density at radius 1 is 1.20 bits per heavy atom. The normalized spacial score (nSPS) is 10.4. The highest BCUT2D eigenvalue weighted by molar-refractivity contribution is 6.33. The molecule has 0 bridgehead atoms. The van der Waals surface area contributed by atoms with Gasteiger partial charge >= 0.3 is 0 Å². The summed E-state index contributed by atoms with van der Waals surface area (Å²) in [5.74, 6) is 0. The maximum absolute atomic E-state index is 4.52. The average molecular weight is 132 g/mol. The number of hydrogen-bond donors (Lipinski definition) is 0. The third-order valence-corrected chi connectivity index (χ3v) is 1.41. The Balaban J connectivity index is 2.86. The third kappa shape index (κ3) is 0.691. The summed E-state index contributed by atoms with van der Waals surface area (Å²) in [7, 11) is 2.01. The molecule has 0 aliphatic rings. The second-order valence-electron chi connectivity index (χ2n) is 2.26. The van der Waals surface area contributed by atoms with Crippen molar-refractivity contribution >= 4 is 24.3 Å². The van der Waals surface area contributed by atoms with Crippen molar-refractivity contribution < 1.29 is 4.63 Å². The lowest BCUT2D eigenvalue weighted by molar-refractivity contribution is 0.315. The minimum Gasteiger partial charge on any atom is -0.243 e. The van der Waals surface area contributed by atoms with Crippen LogP contribution < -0.4 is 5.46 Å². The molecule has 0 radical (unpaired) electrons. The van der Waals surface area contributed by atoms with E-state index in [-0.39, 0.29) is 0 Å². The standard InChI is InChI=1S/C6H5BN2O/c7-4-1-2-5-6(3-4)9-10-8-5/h1-3H,7H2. The van der Waals surface area contributed by atoms with Crippen molar-refractivity contribution in [2.24, 2.45) is 0 Å². The number of hydrogen-bond acceptors (Lipinski definition) is 3. The summed E-state index contributed by atoms with van der Waals surface area (Å²) < 4.78 is 4.52. The van der Waals surface area contributed by atoms with Gasteiger partial charge < -0.3 is 0 Å². The molecule has 0 saturated heterocycles. The predicted octanol–water partition coefficient (Wildman–Crippen LogP) is -0.519. The summed E-state index contributed by atoms with van der Waals surface area (Å²) in [6.07, 6.45) is 0. The largest absolute Gasteiger partial charge is 0.243 e. The van der Waals surface area contributed by atoms with E-state index < -0.39 is 0 Å². The Hall–Kier alpha value is -1.32. The minimum atomic E-state index is 0.811. The van der Waals surface area contributed by atoms with Crippen LogP contribution in [-0.4, -0.2) is 18.2 Å². The molecule has 4 heteroatoms. The van der Waals surface area contributed by atoms with Gasteiger partial charge in [-0.2, -0.15) is 0 Å². The van der Waals surface area contributed by atoms with Crippen molar-refractivity contribution in [3.63, 3.8) is 0 Å². The van der Waals surface area contributed by atoms with Crippen molar-refractivity contribution in [3.8, 4) is 0 Å². The molecule has 10 heavy (non-hydrogen) atoms. The molecule has 1 heterocycles. The zero-order valence-corrected chi connectivity index (χ0v) is 5.53. The summed E-state index contributed by atoms with van der Waals surface area (Å²) in [5, 5.41) is 7.37. The van der Waals surface area contributed by atoms with Crippen LogP contribution in [0.3, 0.4) is 0 Å². The number of rotatable bonds is 0. The van der Waals surface area contributed by atoms with Crippen molar-refractivity contribution in [2.45, 2.75) is 0 Å². The topological polar surface area (TPSA) is 38.9 Å². The summed E-state index contributed by atoms with van der Waals surface area (Å²) in [4.78, 5) is 0. The molecule has 1 aromatic carbocycles. The second kappa shape index (κ2) is 1.83. The molecule has 3 nitrogen and oxygen atoms in total.